The lowest BCUT2D eigenvalue weighted by atomic mass is 10.3. The Balaban J connectivity index is 1.62. The van der Waals surface area contributed by atoms with Gasteiger partial charge in [0.25, 0.3) is 0 Å². The maximum Gasteiger partial charge on any atom is 0.191 e. The largest absolute Gasteiger partial charge is 0.379 e. The van der Waals surface area contributed by atoms with Crippen LogP contribution in [0.2, 0.25) is 0 Å². The number of aliphatic imine (C=N–C) groups is 1. The van der Waals surface area contributed by atoms with E-state index in [1.54, 1.807) is 0 Å². The van der Waals surface area contributed by atoms with E-state index in [9.17, 15) is 0 Å². The topological polar surface area (TPSA) is 48.9 Å². The molecule has 0 aliphatic carbocycles. The van der Waals surface area contributed by atoms with Crippen molar-refractivity contribution in [3.05, 3.63) is 22.4 Å². The number of rotatable bonds is 8. The van der Waals surface area contributed by atoms with Gasteiger partial charge in [0.1, 0.15) is 0 Å². The smallest absolute Gasteiger partial charge is 0.191 e. The summed E-state index contributed by atoms with van der Waals surface area (Å²) < 4.78 is 5.36. The summed E-state index contributed by atoms with van der Waals surface area (Å²) in [5.74, 6) is 0.932. The molecule has 6 heteroatoms. The molecule has 1 aromatic heterocycles. The van der Waals surface area contributed by atoms with Crippen LogP contribution < -0.4 is 10.6 Å². The molecule has 2 heterocycles. The molecule has 1 saturated heterocycles. The van der Waals surface area contributed by atoms with Gasteiger partial charge in [-0.05, 0) is 31.2 Å². The first-order chi connectivity index (χ1) is 10.9. The number of nitrogens with zero attached hydrogens (tertiary/aromatic N) is 2. The van der Waals surface area contributed by atoms with Crippen molar-refractivity contribution >= 4 is 17.3 Å². The summed E-state index contributed by atoms with van der Waals surface area (Å²) in [4.78, 5) is 8.52. The zero-order valence-electron chi connectivity index (χ0n) is 13.5. The lowest BCUT2D eigenvalue weighted by Crippen LogP contribution is -2.39. The molecule has 1 aromatic rings. The molecule has 5 nitrogen and oxygen atoms in total. The molecule has 0 amide bonds. The Hall–Kier alpha value is -1.11. The van der Waals surface area contributed by atoms with Crippen molar-refractivity contribution in [1.82, 2.24) is 15.5 Å². The number of ether oxygens (including phenoxy) is 1. The van der Waals surface area contributed by atoms with Gasteiger partial charge in [0.2, 0.25) is 0 Å². The Morgan fingerprint density at radius 1 is 1.36 bits per heavy atom. The molecule has 22 heavy (non-hydrogen) atoms. The summed E-state index contributed by atoms with van der Waals surface area (Å²) in [7, 11) is 0. The van der Waals surface area contributed by atoms with Gasteiger partial charge in [-0.1, -0.05) is 6.07 Å². The van der Waals surface area contributed by atoms with Crippen molar-refractivity contribution in [2.45, 2.75) is 19.8 Å². The van der Waals surface area contributed by atoms with Crippen molar-refractivity contribution in [2.75, 3.05) is 52.5 Å². The Morgan fingerprint density at radius 2 is 2.23 bits per heavy atom. The van der Waals surface area contributed by atoms with Crippen LogP contribution in [0, 0.1) is 0 Å². The molecule has 0 radical (unpaired) electrons. The maximum atomic E-state index is 5.36. The molecule has 0 unspecified atom stereocenters. The molecule has 124 valence electrons. The van der Waals surface area contributed by atoms with Crippen LogP contribution in [0.4, 0.5) is 0 Å². The van der Waals surface area contributed by atoms with E-state index in [-0.39, 0.29) is 0 Å². The third-order valence-corrected chi connectivity index (χ3v) is 4.53. The molecule has 1 aliphatic heterocycles. The maximum absolute atomic E-state index is 5.36. The Bertz CT molecular complexity index is 416. The highest BCUT2D eigenvalue weighted by Crippen LogP contribution is 2.07. The second kappa shape index (κ2) is 10.6. The fourth-order valence-corrected chi connectivity index (χ4v) is 3.12. The highest BCUT2D eigenvalue weighted by molar-refractivity contribution is 7.09. The molecule has 0 atom stereocenters. The van der Waals surface area contributed by atoms with E-state index in [0.29, 0.717) is 0 Å². The number of hydrogen-bond acceptors (Lipinski definition) is 4. The minimum absolute atomic E-state index is 0.867. The number of guanidine groups is 1. The minimum Gasteiger partial charge on any atom is -0.379 e. The van der Waals surface area contributed by atoms with Gasteiger partial charge in [0, 0.05) is 44.1 Å². The van der Waals surface area contributed by atoms with Crippen LogP contribution in [0.5, 0.6) is 0 Å². The van der Waals surface area contributed by atoms with E-state index >= 15 is 0 Å². The van der Waals surface area contributed by atoms with Crippen LogP contribution in [0.1, 0.15) is 18.2 Å². The van der Waals surface area contributed by atoms with Crippen LogP contribution in [-0.4, -0.2) is 63.3 Å². The van der Waals surface area contributed by atoms with Gasteiger partial charge >= 0.3 is 0 Å². The van der Waals surface area contributed by atoms with Gasteiger partial charge in [-0.3, -0.25) is 9.89 Å². The molecule has 2 rings (SSSR count). The highest BCUT2D eigenvalue weighted by atomic mass is 32.1. The van der Waals surface area contributed by atoms with E-state index in [1.165, 1.54) is 4.88 Å². The summed E-state index contributed by atoms with van der Waals surface area (Å²) >= 11 is 1.81. The number of hydrogen-bond donors (Lipinski definition) is 2. The molecule has 0 spiro atoms. The van der Waals surface area contributed by atoms with Crippen molar-refractivity contribution in [2.24, 2.45) is 4.99 Å². The average Bonchev–Trinajstić information content (AvgIpc) is 3.06. The summed E-state index contributed by atoms with van der Waals surface area (Å²) in [6.07, 6.45) is 2.15. The molecule has 0 aromatic carbocycles. The van der Waals surface area contributed by atoms with Gasteiger partial charge in [-0.15, -0.1) is 11.3 Å². The third-order valence-electron chi connectivity index (χ3n) is 3.59. The molecular formula is C16H28N4OS. The van der Waals surface area contributed by atoms with Gasteiger partial charge in [0.15, 0.2) is 5.96 Å². The van der Waals surface area contributed by atoms with Crippen molar-refractivity contribution in [3.63, 3.8) is 0 Å². The van der Waals surface area contributed by atoms with E-state index in [2.05, 4.69) is 45.0 Å². The normalized spacial score (nSPS) is 16.7. The third kappa shape index (κ3) is 6.77. The molecule has 1 fully saturated rings. The first-order valence-corrected chi connectivity index (χ1v) is 9.11. The van der Waals surface area contributed by atoms with Crippen molar-refractivity contribution in [1.29, 1.82) is 0 Å². The van der Waals surface area contributed by atoms with Gasteiger partial charge < -0.3 is 15.4 Å². The fourth-order valence-electron chi connectivity index (χ4n) is 2.41. The van der Waals surface area contributed by atoms with Crippen LogP contribution >= 0.6 is 11.3 Å². The number of nitrogens with one attached hydrogen (secondary N) is 2. The lowest BCUT2D eigenvalue weighted by Gasteiger charge is -2.26. The van der Waals surface area contributed by atoms with E-state index < -0.39 is 0 Å². The van der Waals surface area contributed by atoms with Crippen LogP contribution in [0.15, 0.2) is 22.5 Å². The summed E-state index contributed by atoms with van der Waals surface area (Å²) in [6, 6.07) is 4.28. The summed E-state index contributed by atoms with van der Waals surface area (Å²) in [5, 5.41) is 8.84. The molecule has 0 saturated carbocycles. The lowest BCUT2D eigenvalue weighted by molar-refractivity contribution is 0.0377. The van der Waals surface area contributed by atoms with E-state index in [1.807, 2.05) is 11.3 Å². The average molecular weight is 324 g/mol. The van der Waals surface area contributed by atoms with Gasteiger partial charge in [-0.2, -0.15) is 0 Å². The van der Waals surface area contributed by atoms with Crippen molar-refractivity contribution < 1.29 is 4.74 Å². The summed E-state index contributed by atoms with van der Waals surface area (Å²) in [5.41, 5.74) is 0. The number of thiophene rings is 1. The van der Waals surface area contributed by atoms with Crippen molar-refractivity contribution in [3.8, 4) is 0 Å². The van der Waals surface area contributed by atoms with Crippen LogP contribution in [0.25, 0.3) is 0 Å². The van der Waals surface area contributed by atoms with Crippen LogP contribution in [0.3, 0.4) is 0 Å². The van der Waals surface area contributed by atoms with E-state index in [4.69, 9.17) is 4.74 Å². The second-order valence-corrected chi connectivity index (χ2v) is 6.36. The highest BCUT2D eigenvalue weighted by Gasteiger charge is 2.08. The standard InChI is InChI=1S/C16H28N4OS/c1-2-17-16(19-8-6-15-5-3-14-22-15)18-7-4-9-20-10-12-21-13-11-20/h3,5,14H,2,4,6-13H2,1H3,(H2,17,18,19). The predicted octanol–water partition coefficient (Wildman–Crippen LogP) is 1.57. The van der Waals surface area contributed by atoms with E-state index in [0.717, 1.165) is 71.3 Å². The zero-order valence-corrected chi connectivity index (χ0v) is 14.3. The molecular weight excluding hydrogens is 296 g/mol. The second-order valence-electron chi connectivity index (χ2n) is 5.32. The van der Waals surface area contributed by atoms with Gasteiger partial charge in [0.05, 0.1) is 13.2 Å². The Labute approximate surface area is 137 Å². The predicted molar refractivity (Wildman–Crippen MR) is 93.9 cm³/mol. The summed E-state index contributed by atoms with van der Waals surface area (Å²) in [6.45, 7) is 9.76. The SMILES string of the molecule is CCNC(=NCCCN1CCOCC1)NCCc1cccs1. The molecule has 1 aliphatic rings. The Morgan fingerprint density at radius 3 is 2.95 bits per heavy atom. The first-order valence-electron chi connectivity index (χ1n) is 8.23. The van der Waals surface area contributed by atoms with Gasteiger partial charge in [-0.25, -0.2) is 0 Å². The monoisotopic (exact) mass is 324 g/mol. The fraction of sp³-hybridized carbons (Fsp3) is 0.688. The molecule has 2 N–H and O–H groups in total. The van der Waals surface area contributed by atoms with Crippen LogP contribution in [-0.2, 0) is 11.2 Å². The number of morpholine rings is 1. The minimum atomic E-state index is 0.867. The zero-order chi connectivity index (χ0) is 15.5. The Kier molecular flexibility index (Phi) is 8.30. The first kappa shape index (κ1) is 17.2. The molecule has 0 bridgehead atoms. The quantitative estimate of drug-likeness (QED) is 0.433.